The number of carbonyl (C=O) groups is 1. The number of halogens is 1. The Labute approximate surface area is 208 Å². The van der Waals surface area contributed by atoms with E-state index < -0.39 is 6.04 Å². The van der Waals surface area contributed by atoms with Gasteiger partial charge in [0.1, 0.15) is 11.6 Å². The molecule has 0 bridgehead atoms. The molecule has 5 rings (SSSR count). The average molecular weight is 485 g/mol. The Morgan fingerprint density at radius 1 is 1.00 bits per heavy atom. The molecule has 2 heterocycles. The van der Waals surface area contributed by atoms with Crippen LogP contribution in [0.25, 0.3) is 17.0 Å². The molecule has 0 saturated heterocycles. The van der Waals surface area contributed by atoms with E-state index in [0.29, 0.717) is 35.0 Å². The van der Waals surface area contributed by atoms with Gasteiger partial charge in [0.25, 0.3) is 5.89 Å². The predicted octanol–water partition coefficient (Wildman–Crippen LogP) is 5.89. The molecule has 1 unspecified atom stereocenters. The van der Waals surface area contributed by atoms with Crippen molar-refractivity contribution in [1.82, 2.24) is 20.4 Å². The Bertz CT molecular complexity index is 1410. The highest BCUT2D eigenvalue weighted by Gasteiger charge is 2.35. The van der Waals surface area contributed by atoms with Crippen molar-refractivity contribution >= 4 is 11.6 Å². The molecule has 0 fully saturated rings. The van der Waals surface area contributed by atoms with Crippen LogP contribution in [-0.2, 0) is 6.54 Å². The van der Waals surface area contributed by atoms with Gasteiger partial charge in [0.2, 0.25) is 5.82 Å². The first-order valence-corrected chi connectivity index (χ1v) is 11.5. The summed E-state index contributed by atoms with van der Waals surface area (Å²) >= 11 is 0. The van der Waals surface area contributed by atoms with Gasteiger partial charge >= 0.3 is 6.03 Å². The molecular weight excluding hydrogens is 459 g/mol. The number of allylic oxidation sites excluding steroid dienone is 1. The minimum atomic E-state index is -0.515. The SMILES string of the molecule is COc1ccc(C2NC(=O)N(Cc3ccc(C)cc3)C(C)=C2c2nc(-c3ccc(F)cc3)no2)cc1. The summed E-state index contributed by atoms with van der Waals surface area (Å²) in [7, 11) is 1.60. The van der Waals surface area contributed by atoms with Crippen LogP contribution in [-0.4, -0.2) is 28.2 Å². The van der Waals surface area contributed by atoms with Gasteiger partial charge < -0.3 is 14.6 Å². The number of ether oxygens (including phenoxy) is 1. The Morgan fingerprint density at radius 3 is 2.36 bits per heavy atom. The standard InChI is InChI=1S/C28H25FN4O3/c1-17-4-6-19(7-5-17)16-33-18(2)24(25(30-28(33)34)20-10-14-23(35-3)15-11-20)27-31-26(32-36-27)21-8-12-22(29)13-9-21/h4-15,25H,16H2,1-3H3,(H,30,34). The predicted molar refractivity (Wildman–Crippen MR) is 133 cm³/mol. The smallest absolute Gasteiger partial charge is 0.322 e. The average Bonchev–Trinajstić information content (AvgIpc) is 3.37. The van der Waals surface area contributed by atoms with Gasteiger partial charge in [-0.25, -0.2) is 9.18 Å². The van der Waals surface area contributed by atoms with Gasteiger partial charge in [0.15, 0.2) is 0 Å². The molecule has 2 amide bonds. The highest BCUT2D eigenvalue weighted by atomic mass is 19.1. The third-order valence-corrected chi connectivity index (χ3v) is 6.27. The molecule has 3 aromatic carbocycles. The van der Waals surface area contributed by atoms with Crippen LogP contribution in [0.4, 0.5) is 9.18 Å². The fourth-order valence-corrected chi connectivity index (χ4v) is 4.22. The van der Waals surface area contributed by atoms with Gasteiger partial charge in [-0.05, 0) is 61.4 Å². The van der Waals surface area contributed by atoms with Crippen LogP contribution in [0.2, 0.25) is 0 Å². The second-order valence-electron chi connectivity index (χ2n) is 8.66. The summed E-state index contributed by atoms with van der Waals surface area (Å²) in [6, 6.07) is 20.7. The molecule has 0 saturated carbocycles. The molecule has 8 heteroatoms. The third-order valence-electron chi connectivity index (χ3n) is 6.27. The summed E-state index contributed by atoms with van der Waals surface area (Å²) in [5, 5.41) is 7.22. The number of carbonyl (C=O) groups excluding carboxylic acids is 1. The van der Waals surface area contributed by atoms with E-state index in [9.17, 15) is 9.18 Å². The van der Waals surface area contributed by atoms with Crippen LogP contribution < -0.4 is 10.1 Å². The number of rotatable bonds is 6. The third kappa shape index (κ3) is 4.57. The molecule has 1 aliphatic heterocycles. The Morgan fingerprint density at radius 2 is 1.69 bits per heavy atom. The molecule has 182 valence electrons. The van der Waals surface area contributed by atoms with Gasteiger partial charge in [-0.3, -0.25) is 4.90 Å². The number of aromatic nitrogens is 2. The van der Waals surface area contributed by atoms with Crippen LogP contribution >= 0.6 is 0 Å². The molecule has 0 radical (unpaired) electrons. The summed E-state index contributed by atoms with van der Waals surface area (Å²) in [6.45, 7) is 4.28. The van der Waals surface area contributed by atoms with Crippen molar-refractivity contribution < 1.29 is 18.4 Å². The number of hydrogen-bond donors (Lipinski definition) is 1. The molecule has 7 nitrogen and oxygen atoms in total. The van der Waals surface area contributed by atoms with Crippen LogP contribution in [0.3, 0.4) is 0 Å². The molecule has 1 atom stereocenters. The summed E-state index contributed by atoms with van der Waals surface area (Å²) in [6.07, 6.45) is 0. The summed E-state index contributed by atoms with van der Waals surface area (Å²) in [5.41, 5.74) is 5.00. The molecule has 1 N–H and O–H groups in total. The summed E-state index contributed by atoms with van der Waals surface area (Å²) < 4.78 is 24.4. The lowest BCUT2D eigenvalue weighted by Gasteiger charge is -2.35. The maximum atomic E-state index is 13.4. The van der Waals surface area contributed by atoms with Crippen LogP contribution in [0.5, 0.6) is 5.75 Å². The fourth-order valence-electron chi connectivity index (χ4n) is 4.22. The number of nitrogens with one attached hydrogen (secondary N) is 1. The number of nitrogens with zero attached hydrogens (tertiary/aromatic N) is 3. The number of urea groups is 1. The second kappa shape index (κ2) is 9.65. The Kier molecular flexibility index (Phi) is 6.25. The van der Waals surface area contributed by atoms with Gasteiger partial charge in [0, 0.05) is 11.3 Å². The minimum absolute atomic E-state index is 0.226. The van der Waals surface area contributed by atoms with E-state index in [1.54, 1.807) is 24.1 Å². The first-order valence-electron chi connectivity index (χ1n) is 11.5. The maximum absolute atomic E-state index is 13.4. The van der Waals surface area contributed by atoms with Crippen molar-refractivity contribution in [3.8, 4) is 17.1 Å². The summed E-state index contributed by atoms with van der Waals surface area (Å²) in [5.74, 6) is 0.977. The topological polar surface area (TPSA) is 80.5 Å². The van der Waals surface area contributed by atoms with E-state index in [1.807, 2.05) is 62.4 Å². The quantitative estimate of drug-likeness (QED) is 0.369. The van der Waals surface area contributed by atoms with Gasteiger partial charge in [-0.15, -0.1) is 0 Å². The minimum Gasteiger partial charge on any atom is -0.497 e. The fraction of sp³-hybridized carbons (Fsp3) is 0.179. The number of hydrogen-bond acceptors (Lipinski definition) is 5. The van der Waals surface area contributed by atoms with Crippen LogP contribution in [0.15, 0.2) is 83.0 Å². The molecule has 4 aromatic rings. The van der Waals surface area contributed by atoms with Crippen molar-refractivity contribution in [1.29, 1.82) is 0 Å². The number of aryl methyl sites for hydroxylation is 1. The first-order chi connectivity index (χ1) is 17.4. The monoisotopic (exact) mass is 484 g/mol. The number of amides is 2. The maximum Gasteiger partial charge on any atom is 0.322 e. The molecule has 0 aliphatic carbocycles. The second-order valence-corrected chi connectivity index (χ2v) is 8.66. The lowest BCUT2D eigenvalue weighted by atomic mass is 9.94. The van der Waals surface area contributed by atoms with E-state index in [0.717, 1.165) is 16.7 Å². The van der Waals surface area contributed by atoms with Crippen molar-refractivity contribution in [3.05, 3.63) is 107 Å². The summed E-state index contributed by atoms with van der Waals surface area (Å²) in [4.78, 5) is 19.6. The van der Waals surface area contributed by atoms with E-state index in [4.69, 9.17) is 9.26 Å². The highest BCUT2D eigenvalue weighted by molar-refractivity contribution is 5.87. The van der Waals surface area contributed by atoms with Crippen molar-refractivity contribution in [2.45, 2.75) is 26.4 Å². The molecule has 36 heavy (non-hydrogen) atoms. The zero-order chi connectivity index (χ0) is 25.2. The Hall–Kier alpha value is -4.46. The van der Waals surface area contributed by atoms with Crippen LogP contribution in [0, 0.1) is 12.7 Å². The zero-order valence-electron chi connectivity index (χ0n) is 20.2. The van der Waals surface area contributed by atoms with E-state index in [2.05, 4.69) is 15.5 Å². The van der Waals surface area contributed by atoms with E-state index >= 15 is 0 Å². The molecule has 1 aliphatic rings. The van der Waals surface area contributed by atoms with Gasteiger partial charge in [-0.2, -0.15) is 4.98 Å². The van der Waals surface area contributed by atoms with E-state index in [1.165, 1.54) is 12.1 Å². The molecule has 0 spiro atoms. The normalized spacial score (nSPS) is 15.7. The largest absolute Gasteiger partial charge is 0.497 e. The molecule has 1 aromatic heterocycles. The van der Waals surface area contributed by atoms with E-state index in [-0.39, 0.29) is 17.7 Å². The van der Waals surface area contributed by atoms with Crippen molar-refractivity contribution in [2.75, 3.05) is 7.11 Å². The first kappa shape index (κ1) is 23.3. The highest BCUT2D eigenvalue weighted by Crippen LogP contribution is 2.38. The number of benzene rings is 3. The lowest BCUT2D eigenvalue weighted by molar-refractivity contribution is 0.203. The Balaban J connectivity index is 1.58. The lowest BCUT2D eigenvalue weighted by Crippen LogP contribution is -2.45. The van der Waals surface area contributed by atoms with Gasteiger partial charge in [0.05, 0.1) is 25.3 Å². The number of methoxy groups -OCH3 is 1. The zero-order valence-corrected chi connectivity index (χ0v) is 20.2. The van der Waals surface area contributed by atoms with Crippen molar-refractivity contribution in [3.63, 3.8) is 0 Å². The van der Waals surface area contributed by atoms with Crippen molar-refractivity contribution in [2.24, 2.45) is 0 Å². The van der Waals surface area contributed by atoms with Crippen LogP contribution in [0.1, 0.15) is 35.5 Å². The van der Waals surface area contributed by atoms with Gasteiger partial charge in [-0.1, -0.05) is 47.1 Å². The molecular formula is C28H25FN4O3.